The molecule has 0 aliphatic carbocycles. The van der Waals surface area contributed by atoms with E-state index in [2.05, 4.69) is 24.5 Å². The molecule has 1 aromatic rings. The van der Waals surface area contributed by atoms with Crippen molar-refractivity contribution in [2.75, 3.05) is 25.1 Å². The summed E-state index contributed by atoms with van der Waals surface area (Å²) in [4.78, 5) is 12.1. The number of hydrogen-bond donors (Lipinski definition) is 2. The lowest BCUT2D eigenvalue weighted by molar-refractivity contribution is -0.119. The highest BCUT2D eigenvalue weighted by Crippen LogP contribution is 2.24. The van der Waals surface area contributed by atoms with Crippen LogP contribution in [-0.2, 0) is 9.53 Å². The van der Waals surface area contributed by atoms with Gasteiger partial charge in [-0.25, -0.2) is 0 Å². The van der Waals surface area contributed by atoms with Gasteiger partial charge >= 0.3 is 0 Å². The van der Waals surface area contributed by atoms with Crippen LogP contribution in [0.5, 0.6) is 0 Å². The molecule has 19 heavy (non-hydrogen) atoms. The van der Waals surface area contributed by atoms with Gasteiger partial charge in [-0.2, -0.15) is 0 Å². The third-order valence-corrected chi connectivity index (χ3v) is 3.50. The summed E-state index contributed by atoms with van der Waals surface area (Å²) in [6.45, 7) is 6.31. The van der Waals surface area contributed by atoms with Crippen LogP contribution in [-0.4, -0.2) is 25.7 Å². The van der Waals surface area contributed by atoms with Crippen LogP contribution in [0.3, 0.4) is 0 Å². The second kappa shape index (κ2) is 6.68. The van der Waals surface area contributed by atoms with Gasteiger partial charge < -0.3 is 15.4 Å². The van der Waals surface area contributed by atoms with Gasteiger partial charge in [-0.05, 0) is 31.5 Å². The van der Waals surface area contributed by atoms with E-state index in [4.69, 9.17) is 4.74 Å². The van der Waals surface area contributed by atoms with E-state index in [-0.39, 0.29) is 17.9 Å². The Labute approximate surface area is 114 Å². The molecule has 1 fully saturated rings. The zero-order valence-electron chi connectivity index (χ0n) is 11.6. The second-order valence-electron chi connectivity index (χ2n) is 4.92. The number of nitrogens with one attached hydrogen (secondary N) is 2. The largest absolute Gasteiger partial charge is 0.381 e. The summed E-state index contributed by atoms with van der Waals surface area (Å²) in [6.07, 6.45) is 0.816. The summed E-state index contributed by atoms with van der Waals surface area (Å²) in [5.74, 6) is 0.0520. The third-order valence-electron chi connectivity index (χ3n) is 3.50. The fraction of sp³-hybridized carbons (Fsp3) is 0.533. The number of hydrogen-bond acceptors (Lipinski definition) is 3. The zero-order chi connectivity index (χ0) is 13.7. The lowest BCUT2D eigenvalue weighted by Gasteiger charge is -2.18. The van der Waals surface area contributed by atoms with E-state index >= 15 is 0 Å². The van der Waals surface area contributed by atoms with E-state index in [1.807, 2.05) is 24.3 Å². The Kier molecular flexibility index (Phi) is 4.93. The predicted octanol–water partition coefficient (Wildman–Crippen LogP) is 2.33. The van der Waals surface area contributed by atoms with Gasteiger partial charge in [0.05, 0.1) is 12.5 Å². The molecule has 2 rings (SSSR count). The van der Waals surface area contributed by atoms with Gasteiger partial charge in [-0.1, -0.05) is 25.1 Å². The van der Waals surface area contributed by atoms with Crippen molar-refractivity contribution in [1.29, 1.82) is 0 Å². The van der Waals surface area contributed by atoms with Crippen LogP contribution in [0.15, 0.2) is 24.3 Å². The molecule has 2 unspecified atom stereocenters. The first-order valence-corrected chi connectivity index (χ1v) is 6.93. The number of ether oxygens (including phenoxy) is 1. The Hall–Kier alpha value is -1.39. The lowest BCUT2D eigenvalue weighted by atomic mass is 10.0. The predicted molar refractivity (Wildman–Crippen MR) is 76.1 cm³/mol. The number of carbonyl (C=O) groups excluding carboxylic acids is 1. The molecule has 0 bridgehead atoms. The van der Waals surface area contributed by atoms with Crippen LogP contribution in [0.4, 0.5) is 5.69 Å². The maximum atomic E-state index is 12.1. The summed E-state index contributed by atoms with van der Waals surface area (Å²) in [5.41, 5.74) is 2.02. The molecule has 0 radical (unpaired) electrons. The Balaban J connectivity index is 2.08. The molecule has 1 amide bonds. The minimum Gasteiger partial charge on any atom is -0.381 e. The Morgan fingerprint density at radius 2 is 2.26 bits per heavy atom. The summed E-state index contributed by atoms with van der Waals surface area (Å²) in [5, 5.41) is 6.40. The van der Waals surface area contributed by atoms with Gasteiger partial charge in [0.15, 0.2) is 0 Å². The van der Waals surface area contributed by atoms with Gasteiger partial charge in [0, 0.05) is 18.3 Å². The highest BCUT2D eigenvalue weighted by atomic mass is 16.5. The fourth-order valence-corrected chi connectivity index (χ4v) is 2.38. The van der Waals surface area contributed by atoms with Crippen LogP contribution < -0.4 is 10.6 Å². The first-order valence-electron chi connectivity index (χ1n) is 6.93. The Morgan fingerprint density at radius 3 is 2.95 bits per heavy atom. The zero-order valence-corrected chi connectivity index (χ0v) is 11.6. The molecular weight excluding hydrogens is 240 g/mol. The normalized spacial score (nSPS) is 20.2. The lowest BCUT2D eigenvalue weighted by Crippen LogP contribution is -2.25. The van der Waals surface area contributed by atoms with Crippen molar-refractivity contribution in [3.05, 3.63) is 29.8 Å². The first-order chi connectivity index (χ1) is 9.22. The van der Waals surface area contributed by atoms with E-state index in [1.165, 1.54) is 0 Å². The van der Waals surface area contributed by atoms with Gasteiger partial charge in [-0.15, -0.1) is 0 Å². The monoisotopic (exact) mass is 262 g/mol. The maximum absolute atomic E-state index is 12.1. The molecule has 1 aliphatic heterocycles. The molecule has 0 aromatic heterocycles. The molecule has 2 N–H and O–H groups in total. The summed E-state index contributed by atoms with van der Waals surface area (Å²) < 4.78 is 5.26. The summed E-state index contributed by atoms with van der Waals surface area (Å²) in [6, 6.07) is 8.17. The van der Waals surface area contributed by atoms with Crippen LogP contribution in [0.1, 0.15) is 31.9 Å². The SMILES string of the molecule is CCNC(C)c1ccccc1NC(=O)C1CCOC1. The van der Waals surface area contributed by atoms with Crippen molar-refractivity contribution in [1.82, 2.24) is 5.32 Å². The number of para-hydroxylation sites is 1. The van der Waals surface area contributed by atoms with Crippen molar-refractivity contribution in [3.63, 3.8) is 0 Å². The topological polar surface area (TPSA) is 50.4 Å². The second-order valence-corrected chi connectivity index (χ2v) is 4.92. The highest BCUT2D eigenvalue weighted by molar-refractivity contribution is 5.93. The number of amides is 1. The molecule has 1 aromatic carbocycles. The van der Waals surface area contributed by atoms with Crippen molar-refractivity contribution in [2.45, 2.75) is 26.3 Å². The quantitative estimate of drug-likeness (QED) is 0.856. The van der Waals surface area contributed by atoms with Gasteiger partial charge in [0.25, 0.3) is 0 Å². The Bertz CT molecular complexity index is 428. The fourth-order valence-electron chi connectivity index (χ4n) is 2.38. The van der Waals surface area contributed by atoms with Gasteiger partial charge in [0.2, 0.25) is 5.91 Å². The smallest absolute Gasteiger partial charge is 0.229 e. The van der Waals surface area contributed by atoms with Crippen molar-refractivity contribution in [3.8, 4) is 0 Å². The summed E-state index contributed by atoms with van der Waals surface area (Å²) in [7, 11) is 0. The van der Waals surface area contributed by atoms with Crippen LogP contribution >= 0.6 is 0 Å². The number of carbonyl (C=O) groups is 1. The van der Waals surface area contributed by atoms with E-state index in [0.29, 0.717) is 13.2 Å². The van der Waals surface area contributed by atoms with E-state index in [0.717, 1.165) is 24.2 Å². The molecule has 4 nitrogen and oxygen atoms in total. The van der Waals surface area contributed by atoms with Gasteiger partial charge in [0.1, 0.15) is 0 Å². The molecule has 1 heterocycles. The van der Waals surface area contributed by atoms with Gasteiger partial charge in [-0.3, -0.25) is 4.79 Å². The van der Waals surface area contributed by atoms with E-state index < -0.39 is 0 Å². The number of anilines is 1. The molecule has 0 saturated carbocycles. The highest BCUT2D eigenvalue weighted by Gasteiger charge is 2.24. The third kappa shape index (κ3) is 3.55. The average Bonchev–Trinajstić information content (AvgIpc) is 2.93. The maximum Gasteiger partial charge on any atom is 0.229 e. The molecule has 0 spiro atoms. The first kappa shape index (κ1) is 14.0. The van der Waals surface area contributed by atoms with Crippen LogP contribution in [0.25, 0.3) is 0 Å². The number of rotatable bonds is 5. The molecule has 2 atom stereocenters. The minimum absolute atomic E-state index is 0.0116. The Morgan fingerprint density at radius 1 is 1.47 bits per heavy atom. The summed E-state index contributed by atoms with van der Waals surface area (Å²) >= 11 is 0. The molecule has 1 saturated heterocycles. The van der Waals surface area contributed by atoms with E-state index in [9.17, 15) is 4.79 Å². The molecule has 1 aliphatic rings. The standard InChI is InChI=1S/C15H22N2O2/c1-3-16-11(2)13-6-4-5-7-14(13)17-15(18)12-8-9-19-10-12/h4-7,11-12,16H,3,8-10H2,1-2H3,(H,17,18). The molecule has 4 heteroatoms. The number of benzene rings is 1. The van der Waals surface area contributed by atoms with Crippen molar-refractivity contribution >= 4 is 11.6 Å². The van der Waals surface area contributed by atoms with E-state index in [1.54, 1.807) is 0 Å². The molecule has 104 valence electrons. The minimum atomic E-state index is -0.0116. The van der Waals surface area contributed by atoms with Crippen molar-refractivity contribution < 1.29 is 9.53 Å². The van der Waals surface area contributed by atoms with Crippen LogP contribution in [0.2, 0.25) is 0 Å². The van der Waals surface area contributed by atoms with Crippen LogP contribution in [0, 0.1) is 5.92 Å². The molecular formula is C15H22N2O2. The van der Waals surface area contributed by atoms with Crippen molar-refractivity contribution in [2.24, 2.45) is 5.92 Å². The average molecular weight is 262 g/mol.